The molecule has 8 nitrogen and oxygen atoms in total. The molecule has 0 aromatic heterocycles. The molecule has 1 fully saturated rings. The molecule has 0 aromatic carbocycles. The van der Waals surface area contributed by atoms with Crippen LogP contribution in [-0.2, 0) is 19.7 Å². The van der Waals surface area contributed by atoms with Crippen LogP contribution in [0.15, 0.2) is 0 Å². The quantitative estimate of drug-likeness (QED) is 0.763. The fourth-order valence-electron chi connectivity index (χ4n) is 1.71. The molecule has 0 aliphatic carbocycles. The van der Waals surface area contributed by atoms with Gasteiger partial charge in [-0.05, 0) is 27.2 Å². The van der Waals surface area contributed by atoms with E-state index in [0.717, 1.165) is 4.31 Å². The first kappa shape index (κ1) is 15.7. The van der Waals surface area contributed by atoms with E-state index in [2.05, 4.69) is 4.74 Å². The van der Waals surface area contributed by atoms with Crippen molar-refractivity contribution in [2.45, 2.75) is 33.3 Å². The zero-order chi connectivity index (χ0) is 14.8. The Morgan fingerprint density at radius 1 is 1.42 bits per heavy atom. The monoisotopic (exact) mass is 294 g/mol. The summed E-state index contributed by atoms with van der Waals surface area (Å²) in [5.74, 6) is -1.06. The van der Waals surface area contributed by atoms with Crippen LogP contribution in [-0.4, -0.2) is 49.1 Å². The maximum atomic E-state index is 11.9. The van der Waals surface area contributed by atoms with Gasteiger partial charge in [0.1, 0.15) is 0 Å². The van der Waals surface area contributed by atoms with Gasteiger partial charge in [0.05, 0.1) is 11.5 Å². The minimum atomic E-state index is -4.06. The number of hydrogen-bond acceptors (Lipinski definition) is 5. The highest BCUT2D eigenvalue weighted by atomic mass is 32.2. The summed E-state index contributed by atoms with van der Waals surface area (Å²) in [6.45, 7) is 4.52. The van der Waals surface area contributed by atoms with Crippen molar-refractivity contribution < 1.29 is 27.9 Å². The summed E-state index contributed by atoms with van der Waals surface area (Å²) < 4.78 is 31.1. The average Bonchev–Trinajstić information content (AvgIpc) is 2.60. The molecule has 1 aliphatic heterocycles. The van der Waals surface area contributed by atoms with E-state index in [1.807, 2.05) is 0 Å². The first-order chi connectivity index (χ1) is 8.57. The van der Waals surface area contributed by atoms with Crippen molar-refractivity contribution in [2.24, 2.45) is 5.41 Å². The van der Waals surface area contributed by atoms with Gasteiger partial charge in [0.25, 0.3) is 0 Å². The Labute approximate surface area is 111 Å². The molecule has 1 aliphatic rings. The number of rotatable bonds is 4. The number of ether oxygens (including phenoxy) is 1. The van der Waals surface area contributed by atoms with E-state index in [1.54, 1.807) is 18.6 Å². The van der Waals surface area contributed by atoms with Gasteiger partial charge in [-0.15, -0.1) is 0 Å². The summed E-state index contributed by atoms with van der Waals surface area (Å²) >= 11 is 0. The largest absolute Gasteiger partial charge is 0.481 e. The highest BCUT2D eigenvalue weighted by Gasteiger charge is 2.45. The van der Waals surface area contributed by atoms with Crippen molar-refractivity contribution in [3.05, 3.63) is 0 Å². The second kappa shape index (κ2) is 5.33. The predicted octanol–water partition coefficient (Wildman–Crippen LogP) is 0.162. The summed E-state index contributed by atoms with van der Waals surface area (Å²) in [6.07, 6.45) is -1.32. The van der Waals surface area contributed by atoms with Crippen LogP contribution in [0.3, 0.4) is 0 Å². The van der Waals surface area contributed by atoms with E-state index < -0.39 is 33.8 Å². The Balaban J connectivity index is 2.71. The van der Waals surface area contributed by atoms with Crippen molar-refractivity contribution in [3.8, 4) is 0 Å². The second-order valence-electron chi connectivity index (χ2n) is 5.01. The van der Waals surface area contributed by atoms with E-state index in [0.29, 0.717) is 0 Å². The summed E-state index contributed by atoms with van der Waals surface area (Å²) in [5.41, 5.74) is -1.13. The Hall–Kier alpha value is -1.35. The third kappa shape index (κ3) is 3.80. The van der Waals surface area contributed by atoms with Crippen molar-refractivity contribution >= 4 is 22.3 Å². The first-order valence-corrected chi connectivity index (χ1v) is 7.23. The molecule has 0 bridgehead atoms. The highest BCUT2D eigenvalue weighted by molar-refractivity contribution is 7.87. The Morgan fingerprint density at radius 2 is 2.00 bits per heavy atom. The molecule has 2 N–H and O–H groups in total. The minimum absolute atomic E-state index is 0.0487. The van der Waals surface area contributed by atoms with E-state index in [9.17, 15) is 18.0 Å². The zero-order valence-corrected chi connectivity index (χ0v) is 11.9. The molecule has 1 amide bonds. The maximum absolute atomic E-state index is 11.9. The molecule has 0 radical (unpaired) electrons. The molecular weight excluding hydrogens is 276 g/mol. The minimum Gasteiger partial charge on any atom is -0.481 e. The van der Waals surface area contributed by atoms with Gasteiger partial charge in [0.15, 0.2) is 0 Å². The van der Waals surface area contributed by atoms with Crippen molar-refractivity contribution in [3.63, 3.8) is 0 Å². The van der Waals surface area contributed by atoms with Gasteiger partial charge in [0.2, 0.25) is 0 Å². The van der Waals surface area contributed by atoms with Crippen LogP contribution < -0.4 is 4.72 Å². The fraction of sp³-hybridized carbons (Fsp3) is 0.800. The van der Waals surface area contributed by atoms with Gasteiger partial charge in [-0.2, -0.15) is 12.7 Å². The number of carbonyl (C=O) groups excluding carboxylic acids is 1. The van der Waals surface area contributed by atoms with Crippen LogP contribution in [0, 0.1) is 5.41 Å². The standard InChI is InChI=1S/C10H18N2O6S/c1-7(2)18-9(15)11-19(16,17)12-5-4-10(3,6-12)8(13)14/h7H,4-6H2,1-3H3,(H,11,15)(H,13,14). The third-order valence-electron chi connectivity index (χ3n) is 2.85. The van der Waals surface area contributed by atoms with E-state index >= 15 is 0 Å². The zero-order valence-electron chi connectivity index (χ0n) is 11.0. The molecule has 0 aromatic rings. The van der Waals surface area contributed by atoms with Crippen molar-refractivity contribution in [1.82, 2.24) is 9.03 Å². The van der Waals surface area contributed by atoms with Crippen molar-refractivity contribution in [1.29, 1.82) is 0 Å². The number of aliphatic carboxylic acids is 1. The van der Waals surface area contributed by atoms with Gasteiger partial charge in [-0.25, -0.2) is 9.52 Å². The number of amides is 1. The Morgan fingerprint density at radius 3 is 2.42 bits per heavy atom. The molecule has 1 rings (SSSR count). The molecule has 9 heteroatoms. The van der Waals surface area contributed by atoms with E-state index in [-0.39, 0.29) is 19.5 Å². The fourth-order valence-corrected chi connectivity index (χ4v) is 2.88. The molecule has 0 saturated carbocycles. The van der Waals surface area contributed by atoms with Crippen LogP contribution in [0.4, 0.5) is 4.79 Å². The lowest BCUT2D eigenvalue weighted by Crippen LogP contribution is -2.44. The van der Waals surface area contributed by atoms with Crippen LogP contribution >= 0.6 is 0 Å². The molecular formula is C10H18N2O6S. The average molecular weight is 294 g/mol. The topological polar surface area (TPSA) is 113 Å². The number of carboxylic acids is 1. The lowest BCUT2D eigenvalue weighted by atomic mass is 9.90. The molecule has 1 heterocycles. The van der Waals surface area contributed by atoms with Crippen LogP contribution in [0.25, 0.3) is 0 Å². The summed E-state index contributed by atoms with van der Waals surface area (Å²) in [5, 5.41) is 9.02. The van der Waals surface area contributed by atoms with Gasteiger partial charge in [0, 0.05) is 13.1 Å². The van der Waals surface area contributed by atoms with E-state index in [4.69, 9.17) is 5.11 Å². The normalized spacial score (nSPS) is 24.4. The van der Waals surface area contributed by atoms with E-state index in [1.165, 1.54) is 6.92 Å². The summed E-state index contributed by atoms with van der Waals surface area (Å²) in [6, 6.07) is 0. The van der Waals surface area contributed by atoms with Gasteiger partial charge in [-0.1, -0.05) is 0 Å². The smallest absolute Gasteiger partial charge is 0.422 e. The number of carbonyl (C=O) groups is 2. The Kier molecular flexibility index (Phi) is 4.41. The summed E-state index contributed by atoms with van der Waals surface area (Å²) in [4.78, 5) is 22.3. The van der Waals surface area contributed by atoms with Gasteiger partial charge >= 0.3 is 22.3 Å². The molecule has 1 atom stereocenters. The SMILES string of the molecule is CC(C)OC(=O)NS(=O)(=O)N1CCC(C)(C(=O)O)C1. The number of nitrogens with zero attached hydrogens (tertiary/aromatic N) is 1. The van der Waals surface area contributed by atoms with Gasteiger partial charge in [-0.3, -0.25) is 4.79 Å². The molecule has 19 heavy (non-hydrogen) atoms. The number of nitrogens with one attached hydrogen (secondary N) is 1. The molecule has 110 valence electrons. The molecule has 1 saturated heterocycles. The van der Waals surface area contributed by atoms with Crippen molar-refractivity contribution in [2.75, 3.05) is 13.1 Å². The number of carboxylic acid groups (broad SMARTS) is 1. The van der Waals surface area contributed by atoms with Crippen LogP contribution in [0.1, 0.15) is 27.2 Å². The lowest BCUT2D eigenvalue weighted by Gasteiger charge is -2.20. The number of hydrogen-bond donors (Lipinski definition) is 2. The predicted molar refractivity (Wildman–Crippen MR) is 65.6 cm³/mol. The highest BCUT2D eigenvalue weighted by Crippen LogP contribution is 2.31. The van der Waals surface area contributed by atoms with Gasteiger partial charge < -0.3 is 9.84 Å². The maximum Gasteiger partial charge on any atom is 0.422 e. The Bertz CT molecular complexity index is 474. The lowest BCUT2D eigenvalue weighted by molar-refractivity contribution is -0.146. The third-order valence-corrected chi connectivity index (χ3v) is 4.27. The summed E-state index contributed by atoms with van der Waals surface area (Å²) in [7, 11) is -4.06. The molecule has 0 spiro atoms. The molecule has 1 unspecified atom stereocenters. The van der Waals surface area contributed by atoms with Crippen LogP contribution in [0.5, 0.6) is 0 Å². The first-order valence-electron chi connectivity index (χ1n) is 5.79. The van der Waals surface area contributed by atoms with Crippen LogP contribution in [0.2, 0.25) is 0 Å². The second-order valence-corrected chi connectivity index (χ2v) is 6.68.